The van der Waals surface area contributed by atoms with Crippen LogP contribution < -0.4 is 5.32 Å². The standard InChI is InChI=1S/C17H28N4O6/c1-4-17(5-2)15(25)21(16(26)18-17)10-13(22)20-6-7-27-12(9-20)8-19(3)11-14(23)24/h12H,4-11H2,1-3H3,(H,18,26)(H,23,24). The third-order valence-electron chi connectivity index (χ3n) is 5.16. The topological polar surface area (TPSA) is 119 Å². The summed E-state index contributed by atoms with van der Waals surface area (Å²) in [6.45, 7) is 4.59. The lowest BCUT2D eigenvalue weighted by Gasteiger charge is -2.35. The quantitative estimate of drug-likeness (QED) is 0.533. The van der Waals surface area contributed by atoms with Crippen molar-refractivity contribution in [3.63, 3.8) is 0 Å². The molecule has 0 aliphatic carbocycles. The van der Waals surface area contributed by atoms with Crippen molar-refractivity contribution in [1.82, 2.24) is 20.0 Å². The zero-order chi connectivity index (χ0) is 20.2. The van der Waals surface area contributed by atoms with Crippen LogP contribution in [0.2, 0.25) is 0 Å². The third-order valence-corrected chi connectivity index (χ3v) is 5.16. The van der Waals surface area contributed by atoms with Gasteiger partial charge in [-0.05, 0) is 19.9 Å². The second-order valence-electron chi connectivity index (χ2n) is 7.03. The molecule has 2 fully saturated rings. The summed E-state index contributed by atoms with van der Waals surface area (Å²) in [7, 11) is 1.67. The lowest BCUT2D eigenvalue weighted by Crippen LogP contribution is -2.52. The number of nitrogens with one attached hydrogen (secondary N) is 1. The first-order valence-corrected chi connectivity index (χ1v) is 9.16. The second kappa shape index (κ2) is 8.66. The fourth-order valence-electron chi connectivity index (χ4n) is 3.48. The Morgan fingerprint density at radius 2 is 2.00 bits per heavy atom. The van der Waals surface area contributed by atoms with Crippen LogP contribution in [0.5, 0.6) is 0 Å². The number of carbonyl (C=O) groups is 4. The van der Waals surface area contributed by atoms with Gasteiger partial charge in [0.25, 0.3) is 5.91 Å². The normalized spacial score (nSPS) is 22.3. The molecule has 4 amide bonds. The molecule has 2 heterocycles. The van der Waals surface area contributed by atoms with Gasteiger partial charge in [0.1, 0.15) is 12.1 Å². The van der Waals surface area contributed by atoms with E-state index < -0.39 is 17.5 Å². The van der Waals surface area contributed by atoms with Crippen molar-refractivity contribution in [3.05, 3.63) is 0 Å². The molecule has 2 N–H and O–H groups in total. The number of carboxylic acid groups (broad SMARTS) is 1. The Labute approximate surface area is 158 Å². The van der Waals surface area contributed by atoms with Crippen LogP contribution in [-0.2, 0) is 19.1 Å². The van der Waals surface area contributed by atoms with Gasteiger partial charge < -0.3 is 20.1 Å². The van der Waals surface area contributed by atoms with Crippen molar-refractivity contribution in [3.8, 4) is 0 Å². The minimum Gasteiger partial charge on any atom is -0.480 e. The summed E-state index contributed by atoms with van der Waals surface area (Å²) in [5.41, 5.74) is -0.926. The third kappa shape index (κ3) is 4.75. The number of carbonyl (C=O) groups excluding carboxylic acids is 3. The molecule has 1 unspecified atom stereocenters. The minimum absolute atomic E-state index is 0.119. The van der Waals surface area contributed by atoms with Crippen LogP contribution in [0.4, 0.5) is 4.79 Å². The fourth-order valence-corrected chi connectivity index (χ4v) is 3.48. The number of morpholine rings is 1. The van der Waals surface area contributed by atoms with Crippen molar-refractivity contribution >= 4 is 23.8 Å². The molecular weight excluding hydrogens is 356 g/mol. The first-order valence-electron chi connectivity index (χ1n) is 9.16. The SMILES string of the molecule is CCC1(CC)NC(=O)N(CC(=O)N2CCOC(CN(C)CC(=O)O)C2)C1=O. The van der Waals surface area contributed by atoms with Crippen LogP contribution in [0, 0.1) is 0 Å². The highest BCUT2D eigenvalue weighted by Gasteiger charge is 2.49. The van der Waals surface area contributed by atoms with Gasteiger partial charge in [-0.15, -0.1) is 0 Å². The maximum atomic E-state index is 12.6. The predicted molar refractivity (Wildman–Crippen MR) is 95.0 cm³/mol. The highest BCUT2D eigenvalue weighted by atomic mass is 16.5. The van der Waals surface area contributed by atoms with Gasteiger partial charge in [-0.2, -0.15) is 0 Å². The number of amides is 4. The van der Waals surface area contributed by atoms with E-state index in [0.717, 1.165) is 4.90 Å². The average Bonchev–Trinajstić information content (AvgIpc) is 2.85. The number of urea groups is 1. The summed E-state index contributed by atoms with van der Waals surface area (Å²) < 4.78 is 5.60. The van der Waals surface area contributed by atoms with Crippen LogP contribution in [0.15, 0.2) is 0 Å². The average molecular weight is 384 g/mol. The van der Waals surface area contributed by atoms with Gasteiger partial charge in [-0.1, -0.05) is 13.8 Å². The number of ether oxygens (including phenoxy) is 1. The summed E-state index contributed by atoms with van der Waals surface area (Å²) in [6, 6.07) is -0.539. The van der Waals surface area contributed by atoms with Gasteiger partial charge in [0.15, 0.2) is 0 Å². The molecular formula is C17H28N4O6. The van der Waals surface area contributed by atoms with Crippen molar-refractivity contribution < 1.29 is 29.0 Å². The number of rotatable bonds is 8. The monoisotopic (exact) mass is 384 g/mol. The van der Waals surface area contributed by atoms with Crippen molar-refractivity contribution in [2.24, 2.45) is 0 Å². The zero-order valence-corrected chi connectivity index (χ0v) is 16.1. The number of imide groups is 1. The van der Waals surface area contributed by atoms with Gasteiger partial charge in [-0.3, -0.25) is 24.2 Å². The van der Waals surface area contributed by atoms with Crippen LogP contribution in [0.3, 0.4) is 0 Å². The largest absolute Gasteiger partial charge is 0.480 e. The van der Waals surface area contributed by atoms with E-state index in [1.165, 1.54) is 0 Å². The molecule has 1 atom stereocenters. The summed E-state index contributed by atoms with van der Waals surface area (Å²) >= 11 is 0. The molecule has 0 radical (unpaired) electrons. The van der Waals surface area contributed by atoms with E-state index in [1.54, 1.807) is 16.8 Å². The molecule has 0 saturated carbocycles. The Morgan fingerprint density at radius 3 is 2.56 bits per heavy atom. The highest BCUT2D eigenvalue weighted by molar-refractivity contribution is 6.09. The number of nitrogens with zero attached hydrogens (tertiary/aromatic N) is 3. The summed E-state index contributed by atoms with van der Waals surface area (Å²) in [6.07, 6.45) is 0.614. The van der Waals surface area contributed by atoms with Gasteiger partial charge in [0.2, 0.25) is 5.91 Å². The van der Waals surface area contributed by atoms with Gasteiger partial charge >= 0.3 is 12.0 Å². The lowest BCUT2D eigenvalue weighted by atomic mass is 9.93. The number of likely N-dealkylation sites (N-methyl/N-ethyl adjacent to an activating group) is 1. The second-order valence-corrected chi connectivity index (χ2v) is 7.03. The van der Waals surface area contributed by atoms with E-state index in [1.807, 2.05) is 13.8 Å². The molecule has 10 heteroatoms. The van der Waals surface area contributed by atoms with E-state index in [2.05, 4.69) is 5.32 Å². The van der Waals surface area contributed by atoms with Crippen LogP contribution in [0.1, 0.15) is 26.7 Å². The number of hydrogen-bond acceptors (Lipinski definition) is 6. The van der Waals surface area contributed by atoms with Crippen LogP contribution in [0.25, 0.3) is 0 Å². The predicted octanol–water partition coefficient (Wildman–Crippen LogP) is -0.659. The maximum Gasteiger partial charge on any atom is 0.325 e. The Hall–Kier alpha value is -2.20. The summed E-state index contributed by atoms with van der Waals surface area (Å²) in [5, 5.41) is 11.5. The van der Waals surface area contributed by atoms with E-state index in [-0.39, 0.29) is 31.0 Å². The zero-order valence-electron chi connectivity index (χ0n) is 16.1. The van der Waals surface area contributed by atoms with E-state index in [4.69, 9.17) is 9.84 Å². The maximum absolute atomic E-state index is 12.6. The molecule has 0 aromatic rings. The molecule has 0 aromatic carbocycles. The minimum atomic E-state index is -0.935. The molecule has 0 spiro atoms. The summed E-state index contributed by atoms with van der Waals surface area (Å²) in [4.78, 5) is 52.3. The van der Waals surface area contributed by atoms with Gasteiger partial charge in [0, 0.05) is 19.6 Å². The number of hydrogen-bond donors (Lipinski definition) is 2. The van der Waals surface area contributed by atoms with Crippen LogP contribution in [-0.4, -0.2) is 102 Å². The molecule has 2 rings (SSSR count). The molecule has 2 aliphatic rings. The smallest absolute Gasteiger partial charge is 0.325 e. The first-order chi connectivity index (χ1) is 12.7. The van der Waals surface area contributed by atoms with E-state index in [9.17, 15) is 19.2 Å². The fraction of sp³-hybridized carbons (Fsp3) is 0.765. The van der Waals surface area contributed by atoms with E-state index in [0.29, 0.717) is 39.1 Å². The molecule has 2 saturated heterocycles. The molecule has 2 aliphatic heterocycles. The molecule has 10 nitrogen and oxygen atoms in total. The molecule has 0 aromatic heterocycles. The lowest BCUT2D eigenvalue weighted by molar-refractivity contribution is -0.145. The molecule has 0 bridgehead atoms. The van der Waals surface area contributed by atoms with Gasteiger partial charge in [0.05, 0.1) is 19.3 Å². The van der Waals surface area contributed by atoms with Gasteiger partial charge in [-0.25, -0.2) is 4.79 Å². The Balaban J connectivity index is 1.94. The van der Waals surface area contributed by atoms with Crippen LogP contribution >= 0.6 is 0 Å². The number of carboxylic acids is 1. The van der Waals surface area contributed by atoms with Crippen molar-refractivity contribution in [1.29, 1.82) is 0 Å². The first kappa shape index (κ1) is 21.1. The molecule has 27 heavy (non-hydrogen) atoms. The molecule has 152 valence electrons. The Morgan fingerprint density at radius 1 is 1.33 bits per heavy atom. The number of aliphatic carboxylic acids is 1. The Bertz CT molecular complexity index is 606. The van der Waals surface area contributed by atoms with E-state index >= 15 is 0 Å². The van der Waals surface area contributed by atoms with Crippen molar-refractivity contribution in [2.45, 2.75) is 38.3 Å². The Kier molecular flexibility index (Phi) is 6.77. The summed E-state index contributed by atoms with van der Waals surface area (Å²) in [5.74, 6) is -1.62. The highest BCUT2D eigenvalue weighted by Crippen LogP contribution is 2.25. The van der Waals surface area contributed by atoms with Crippen molar-refractivity contribution in [2.75, 3.05) is 46.4 Å².